The summed E-state index contributed by atoms with van der Waals surface area (Å²) in [7, 11) is 0. The lowest BCUT2D eigenvalue weighted by Crippen LogP contribution is -2.47. The number of nitrogens with one attached hydrogen (secondary N) is 2. The maximum absolute atomic E-state index is 14.7. The quantitative estimate of drug-likeness (QED) is 0.326. The summed E-state index contributed by atoms with van der Waals surface area (Å²) < 4.78 is 78.6. The SMILES string of the molecule is CC(C)n1nccc1C(=O)N[C@H](c1cn2nc(C[C@H]3C[C@@H](C(F)(F)F)CNC3=O)c(C3CCOCC3)nc2n1)[C@@H]1CCCC(F)(F)C1. The Hall–Kier alpha value is -3.69. The first-order valence-electron chi connectivity index (χ1n) is 16.2. The van der Waals surface area contributed by atoms with Crippen molar-refractivity contribution >= 4 is 17.6 Å². The van der Waals surface area contributed by atoms with Crippen molar-refractivity contribution in [3.8, 4) is 0 Å². The molecule has 0 radical (unpaired) electrons. The third-order valence-electron chi connectivity index (χ3n) is 9.55. The number of ether oxygens (including phenoxy) is 1. The minimum atomic E-state index is -4.45. The number of halogens is 5. The van der Waals surface area contributed by atoms with Crippen LogP contribution in [0.25, 0.3) is 5.78 Å². The smallest absolute Gasteiger partial charge is 0.381 e. The van der Waals surface area contributed by atoms with Gasteiger partial charge in [-0.1, -0.05) is 0 Å². The van der Waals surface area contributed by atoms with Crippen molar-refractivity contribution in [2.24, 2.45) is 17.8 Å². The lowest BCUT2D eigenvalue weighted by Gasteiger charge is -2.34. The lowest BCUT2D eigenvalue weighted by molar-refractivity contribution is -0.183. The zero-order valence-electron chi connectivity index (χ0n) is 26.3. The summed E-state index contributed by atoms with van der Waals surface area (Å²) in [4.78, 5) is 35.8. The molecule has 3 fully saturated rings. The van der Waals surface area contributed by atoms with Gasteiger partial charge in [0.25, 0.3) is 11.7 Å². The molecule has 3 aliphatic rings. The van der Waals surface area contributed by atoms with Gasteiger partial charge >= 0.3 is 6.18 Å². The van der Waals surface area contributed by atoms with Crippen LogP contribution >= 0.6 is 0 Å². The standard InChI is InChI=1S/C31H39F5N8O3/c1-17(2)44-24(5-9-38-44)28(46)40-26(19-4-3-8-30(32,33)14-19)23-16-43-29(39-23)41-25(18-6-10-47-11-7-18)22(42-43)13-20-12-21(31(34,35)36)15-37-27(20)45/h5,9,16-21,26H,3-4,6-8,10-15H2,1-2H3,(H,37,45)(H,40,46)/t19-,20-,21-,26+/m1/s1. The molecule has 256 valence electrons. The molecule has 1 aliphatic carbocycles. The van der Waals surface area contributed by atoms with Crippen molar-refractivity contribution in [2.45, 2.75) is 95.3 Å². The zero-order chi connectivity index (χ0) is 33.5. The number of hydrogen-bond donors (Lipinski definition) is 2. The average Bonchev–Trinajstić information content (AvgIpc) is 3.67. The van der Waals surface area contributed by atoms with Crippen molar-refractivity contribution in [2.75, 3.05) is 19.8 Å². The number of nitrogens with zero attached hydrogens (tertiary/aromatic N) is 6. The molecule has 0 spiro atoms. The van der Waals surface area contributed by atoms with Crippen molar-refractivity contribution < 1.29 is 36.3 Å². The van der Waals surface area contributed by atoms with Crippen LogP contribution in [0, 0.1) is 17.8 Å². The van der Waals surface area contributed by atoms with Crippen LogP contribution < -0.4 is 10.6 Å². The number of carbonyl (C=O) groups excluding carboxylic acids is 2. The van der Waals surface area contributed by atoms with Gasteiger partial charge in [0.2, 0.25) is 11.8 Å². The Labute approximate surface area is 268 Å². The highest BCUT2D eigenvalue weighted by Gasteiger charge is 2.45. The van der Waals surface area contributed by atoms with E-state index in [1.165, 1.54) is 16.9 Å². The fourth-order valence-electron chi connectivity index (χ4n) is 7.08. The predicted molar refractivity (Wildman–Crippen MR) is 158 cm³/mol. The van der Waals surface area contributed by atoms with E-state index in [0.29, 0.717) is 49.6 Å². The van der Waals surface area contributed by atoms with E-state index in [4.69, 9.17) is 14.8 Å². The van der Waals surface area contributed by atoms with E-state index < -0.39 is 60.7 Å². The van der Waals surface area contributed by atoms with Gasteiger partial charge in [-0.05, 0) is 57.9 Å². The first-order chi connectivity index (χ1) is 22.3. The topological polar surface area (TPSA) is 128 Å². The molecule has 1 saturated carbocycles. The molecule has 16 heteroatoms. The van der Waals surface area contributed by atoms with Crippen molar-refractivity contribution in [3.05, 3.63) is 41.2 Å². The van der Waals surface area contributed by atoms with Gasteiger partial charge in [0.1, 0.15) is 5.69 Å². The molecule has 0 unspecified atom stereocenters. The minimum Gasteiger partial charge on any atom is -0.381 e. The monoisotopic (exact) mass is 666 g/mol. The number of fused-ring (bicyclic) bond motifs is 1. The molecule has 5 heterocycles. The van der Waals surface area contributed by atoms with Gasteiger partial charge in [-0.15, -0.1) is 0 Å². The first-order valence-corrected chi connectivity index (χ1v) is 16.2. The normalized spacial score (nSPS) is 24.8. The lowest BCUT2D eigenvalue weighted by atomic mass is 9.80. The zero-order valence-corrected chi connectivity index (χ0v) is 26.3. The van der Waals surface area contributed by atoms with Gasteiger partial charge in [-0.25, -0.2) is 23.3 Å². The molecular weight excluding hydrogens is 627 g/mol. The second-order valence-electron chi connectivity index (χ2n) is 13.3. The van der Waals surface area contributed by atoms with Crippen LogP contribution in [-0.4, -0.2) is 73.0 Å². The second kappa shape index (κ2) is 13.1. The van der Waals surface area contributed by atoms with Gasteiger partial charge in [-0.2, -0.15) is 23.4 Å². The van der Waals surface area contributed by atoms with Crippen molar-refractivity contribution in [1.29, 1.82) is 0 Å². The number of alkyl halides is 5. The largest absolute Gasteiger partial charge is 0.393 e. The Bertz CT molecular complexity index is 1600. The van der Waals surface area contributed by atoms with Gasteiger partial charge in [-0.3, -0.25) is 14.3 Å². The molecule has 2 amide bonds. The summed E-state index contributed by atoms with van der Waals surface area (Å²) in [5.74, 6) is -7.09. The Morgan fingerprint density at radius 2 is 1.96 bits per heavy atom. The maximum Gasteiger partial charge on any atom is 0.393 e. The molecule has 4 atom stereocenters. The van der Waals surface area contributed by atoms with Gasteiger partial charge in [0, 0.05) is 63.1 Å². The van der Waals surface area contributed by atoms with E-state index in [2.05, 4.69) is 20.7 Å². The molecule has 3 aromatic rings. The fourth-order valence-corrected chi connectivity index (χ4v) is 7.08. The highest BCUT2D eigenvalue weighted by molar-refractivity contribution is 5.92. The van der Waals surface area contributed by atoms with Crippen LogP contribution in [0.5, 0.6) is 0 Å². The molecule has 47 heavy (non-hydrogen) atoms. The Balaban J connectivity index is 1.37. The van der Waals surface area contributed by atoms with Crippen LogP contribution in [0.1, 0.15) is 104 Å². The number of imidazole rings is 1. The summed E-state index contributed by atoms with van der Waals surface area (Å²) in [6, 6.07) is 0.539. The number of carbonyl (C=O) groups is 2. The third kappa shape index (κ3) is 7.26. The summed E-state index contributed by atoms with van der Waals surface area (Å²) in [5.41, 5.74) is 1.48. The molecule has 2 N–H and O–H groups in total. The molecular formula is C31H39F5N8O3. The van der Waals surface area contributed by atoms with E-state index in [9.17, 15) is 31.5 Å². The van der Waals surface area contributed by atoms with E-state index >= 15 is 0 Å². The average molecular weight is 667 g/mol. The molecule has 0 aromatic carbocycles. The first kappa shape index (κ1) is 33.2. The molecule has 0 bridgehead atoms. The van der Waals surface area contributed by atoms with Crippen LogP contribution in [0.2, 0.25) is 0 Å². The van der Waals surface area contributed by atoms with Crippen LogP contribution in [0.15, 0.2) is 18.5 Å². The van der Waals surface area contributed by atoms with Gasteiger partial charge < -0.3 is 15.4 Å². The van der Waals surface area contributed by atoms with Crippen molar-refractivity contribution in [1.82, 2.24) is 40.0 Å². The highest BCUT2D eigenvalue weighted by Crippen LogP contribution is 2.42. The third-order valence-corrected chi connectivity index (χ3v) is 9.55. The summed E-state index contributed by atoms with van der Waals surface area (Å²) >= 11 is 0. The molecule has 11 nitrogen and oxygen atoms in total. The molecule has 2 aliphatic heterocycles. The van der Waals surface area contributed by atoms with Crippen LogP contribution in [0.3, 0.4) is 0 Å². The van der Waals surface area contributed by atoms with Gasteiger partial charge in [0.15, 0.2) is 0 Å². The van der Waals surface area contributed by atoms with E-state index in [0.717, 1.165) is 0 Å². The summed E-state index contributed by atoms with van der Waals surface area (Å²) in [5, 5.41) is 14.3. The van der Waals surface area contributed by atoms with E-state index in [-0.39, 0.29) is 49.1 Å². The highest BCUT2D eigenvalue weighted by atomic mass is 19.4. The molecule has 6 rings (SSSR count). The van der Waals surface area contributed by atoms with Crippen LogP contribution in [0.4, 0.5) is 22.0 Å². The Morgan fingerprint density at radius 3 is 2.66 bits per heavy atom. The van der Waals surface area contributed by atoms with E-state index in [1.807, 2.05) is 13.8 Å². The number of aromatic nitrogens is 6. The fraction of sp³-hybridized carbons (Fsp3) is 0.677. The summed E-state index contributed by atoms with van der Waals surface area (Å²) in [6.07, 6.45) is -0.605. The minimum absolute atomic E-state index is 0.0598. The van der Waals surface area contributed by atoms with E-state index in [1.54, 1.807) is 10.7 Å². The Morgan fingerprint density at radius 1 is 1.19 bits per heavy atom. The Kier molecular flexibility index (Phi) is 9.24. The number of piperidine rings is 1. The molecule has 3 aromatic heterocycles. The van der Waals surface area contributed by atoms with Crippen molar-refractivity contribution in [3.63, 3.8) is 0 Å². The second-order valence-corrected chi connectivity index (χ2v) is 13.3. The number of rotatable bonds is 8. The number of hydrogen-bond acceptors (Lipinski definition) is 7. The van der Waals surface area contributed by atoms with Gasteiger partial charge in [0.05, 0.1) is 35.2 Å². The van der Waals surface area contributed by atoms with Crippen LogP contribution in [-0.2, 0) is 16.0 Å². The predicted octanol–water partition coefficient (Wildman–Crippen LogP) is 4.95. The molecule has 2 saturated heterocycles. The maximum atomic E-state index is 14.7. The number of amides is 2. The summed E-state index contributed by atoms with van der Waals surface area (Å²) in [6.45, 7) is 4.21.